The van der Waals surface area contributed by atoms with Gasteiger partial charge in [0.1, 0.15) is 0 Å². The average Bonchev–Trinajstić information content (AvgIpc) is 3.07. The molecule has 4 heterocycles. The van der Waals surface area contributed by atoms with Gasteiger partial charge in [-0.3, -0.25) is 0 Å². The number of anilines is 6. The third kappa shape index (κ3) is 7.68. The second-order valence-corrected chi connectivity index (χ2v) is 25.9. The zero-order chi connectivity index (χ0) is 54.4. The van der Waals surface area contributed by atoms with Crippen molar-refractivity contribution in [2.75, 3.05) is 9.80 Å². The van der Waals surface area contributed by atoms with E-state index < -0.39 is 0 Å². The number of rotatable bonds is 10. The molecule has 0 unspecified atom stereocenters. The van der Waals surface area contributed by atoms with Gasteiger partial charge in [-0.2, -0.15) is 0 Å². The zero-order valence-electron chi connectivity index (χ0n) is 48.3. The molecule has 390 valence electrons. The monoisotopic (exact) mass is 1020 g/mol. The first kappa shape index (κ1) is 49.7. The zero-order valence-corrected chi connectivity index (χ0v) is 48.3. The smallest absolute Gasteiger partial charge is 0.0641 e. The van der Waals surface area contributed by atoms with Gasteiger partial charge in [-0.1, -0.05) is 170 Å². The van der Waals surface area contributed by atoms with Crippen molar-refractivity contribution in [3.8, 4) is 0 Å². The summed E-state index contributed by atoms with van der Waals surface area (Å²) in [7, 11) is 0. The molecule has 0 bridgehead atoms. The second-order valence-electron chi connectivity index (χ2n) is 25.9. The highest BCUT2D eigenvalue weighted by atomic mass is 15.2. The van der Waals surface area contributed by atoms with Crippen LogP contribution >= 0.6 is 0 Å². The van der Waals surface area contributed by atoms with Crippen molar-refractivity contribution < 1.29 is 0 Å². The average molecular weight is 1020 g/mol. The summed E-state index contributed by atoms with van der Waals surface area (Å²) < 4.78 is 5.21. The molecule has 0 aliphatic carbocycles. The summed E-state index contributed by atoms with van der Waals surface area (Å²) in [6.07, 6.45) is 0. The summed E-state index contributed by atoms with van der Waals surface area (Å²) in [6, 6.07) is 66.3. The van der Waals surface area contributed by atoms with Gasteiger partial charge in [0.15, 0.2) is 0 Å². The minimum Gasteiger partial charge on any atom is -0.310 e. The van der Waals surface area contributed by atoms with E-state index in [0.717, 1.165) is 11.4 Å². The van der Waals surface area contributed by atoms with Crippen LogP contribution in [0.3, 0.4) is 0 Å². The van der Waals surface area contributed by atoms with E-state index in [4.69, 9.17) is 0 Å². The van der Waals surface area contributed by atoms with Crippen LogP contribution in [0, 0.1) is 0 Å². The van der Waals surface area contributed by atoms with Crippen molar-refractivity contribution in [2.45, 2.75) is 131 Å². The molecular weight excluding hydrogens is 945 g/mol. The van der Waals surface area contributed by atoms with Crippen molar-refractivity contribution >= 4 is 110 Å². The number of hydrogen-bond acceptors (Lipinski definition) is 2. The first-order chi connectivity index (χ1) is 37.3. The fraction of sp³-hybridized carbons (Fsp3) is 0.270. The lowest BCUT2D eigenvalue weighted by Crippen LogP contribution is -2.14. The van der Waals surface area contributed by atoms with Gasteiger partial charge < -0.3 is 18.6 Å². The first-order valence-electron chi connectivity index (χ1n) is 28.7. The van der Waals surface area contributed by atoms with Crippen LogP contribution in [-0.2, 0) is 10.8 Å². The molecule has 9 aromatic carbocycles. The predicted molar refractivity (Wildman–Crippen MR) is 339 cm³/mol. The van der Waals surface area contributed by atoms with Crippen molar-refractivity contribution in [1.82, 2.24) is 8.80 Å². The Kier molecular flexibility index (Phi) is 11.4. The molecule has 13 rings (SSSR count). The topological polar surface area (TPSA) is 15.3 Å². The van der Waals surface area contributed by atoms with Crippen molar-refractivity contribution in [3.05, 3.63) is 203 Å². The highest BCUT2D eigenvalue weighted by Crippen LogP contribution is 2.52. The molecule has 0 amide bonds. The molecule has 4 nitrogen and oxygen atoms in total. The molecule has 0 spiro atoms. The quantitative estimate of drug-likeness (QED) is 0.136. The second kappa shape index (κ2) is 17.9. The predicted octanol–water partition coefficient (Wildman–Crippen LogP) is 22.0. The minimum absolute atomic E-state index is 0.0143. The molecule has 13 aromatic rings. The van der Waals surface area contributed by atoms with Gasteiger partial charge in [-0.15, -0.1) is 0 Å². The van der Waals surface area contributed by atoms with Crippen LogP contribution in [0.15, 0.2) is 170 Å². The molecule has 0 fully saturated rings. The van der Waals surface area contributed by atoms with E-state index in [0.29, 0.717) is 23.7 Å². The third-order valence-corrected chi connectivity index (χ3v) is 17.4. The van der Waals surface area contributed by atoms with E-state index in [1.165, 1.54) is 132 Å². The van der Waals surface area contributed by atoms with Crippen LogP contribution in [0.1, 0.15) is 154 Å². The third-order valence-electron chi connectivity index (χ3n) is 17.4. The Labute approximate surface area is 461 Å². The molecule has 4 heteroatoms. The maximum absolute atomic E-state index is 2.60. The lowest BCUT2D eigenvalue weighted by molar-refractivity contribution is 0.590. The lowest BCUT2D eigenvalue weighted by Gasteiger charge is -2.29. The Morgan fingerprint density at radius 1 is 0.308 bits per heavy atom. The van der Waals surface area contributed by atoms with Crippen LogP contribution in [0.4, 0.5) is 34.1 Å². The SMILES string of the molecule is CC(C)c1ccc(N(c2cccc(C(C)(C)C)c2)c2ccc3c4cc5c(cc4n4c6ccc(C(C)C)cc6c2c34)c2ccc(N(c3ccc(C(C)C)cc3)c3cccc(C(C)C)c3)c3c4cc(C(C)(C)C)ccc4n5c23)cc1. The Morgan fingerprint density at radius 3 is 1.19 bits per heavy atom. The van der Waals surface area contributed by atoms with Gasteiger partial charge in [0, 0.05) is 65.8 Å². The number of nitrogens with zero attached hydrogens (tertiary/aromatic N) is 4. The Hall–Kier alpha value is -7.82. The van der Waals surface area contributed by atoms with Gasteiger partial charge >= 0.3 is 0 Å². The van der Waals surface area contributed by atoms with Gasteiger partial charge in [0.05, 0.1) is 44.5 Å². The van der Waals surface area contributed by atoms with Crippen LogP contribution in [0.25, 0.3) is 76.2 Å². The summed E-state index contributed by atoms with van der Waals surface area (Å²) in [5.41, 5.74) is 22.5. The maximum atomic E-state index is 2.60. The molecule has 0 aliphatic rings. The van der Waals surface area contributed by atoms with E-state index in [-0.39, 0.29) is 10.8 Å². The van der Waals surface area contributed by atoms with Crippen molar-refractivity contribution in [1.29, 1.82) is 0 Å². The molecule has 0 saturated carbocycles. The fourth-order valence-corrected chi connectivity index (χ4v) is 12.8. The number of benzene rings is 9. The number of hydrogen-bond donors (Lipinski definition) is 0. The van der Waals surface area contributed by atoms with Gasteiger partial charge in [-0.05, 0) is 165 Å². The minimum atomic E-state index is -0.0343. The van der Waals surface area contributed by atoms with E-state index in [2.05, 4.69) is 285 Å². The molecule has 0 radical (unpaired) electrons. The summed E-state index contributed by atoms with van der Waals surface area (Å²) in [4.78, 5) is 5.05. The highest BCUT2D eigenvalue weighted by Gasteiger charge is 2.30. The Balaban J connectivity index is 1.13. The number of aromatic nitrogens is 2. The molecule has 0 atom stereocenters. The van der Waals surface area contributed by atoms with E-state index in [1.54, 1.807) is 0 Å². The Morgan fingerprint density at radius 2 is 0.718 bits per heavy atom. The van der Waals surface area contributed by atoms with Gasteiger partial charge in [0.25, 0.3) is 0 Å². The summed E-state index contributed by atoms with van der Waals surface area (Å²) in [5.74, 6) is 1.65. The molecule has 0 N–H and O–H groups in total. The van der Waals surface area contributed by atoms with Crippen LogP contribution in [0.2, 0.25) is 0 Å². The Bertz CT molecular complexity index is 4450. The lowest BCUT2D eigenvalue weighted by atomic mass is 9.86. The maximum Gasteiger partial charge on any atom is 0.0641 e. The standard InChI is InChI=1S/C74H74N4/c1-43(2)47-21-27-53(28-22-47)75(55-19-15-17-49(37-55)45(5)6)66-36-32-58-60-41-67-59(42-68(60)78-64-34-26-52(74(12,13)14)40-62(64)70(66)72(58)78)57-31-35-65(69-61-38-50(46(7)8)25-33-63(61)77(67)71(57)69)76(54-29-23-48(24-30-54)44(3)4)56-20-16-18-51(39-56)73(9,10)11/h15-46H,1-14H3. The summed E-state index contributed by atoms with van der Waals surface area (Å²) in [5, 5.41) is 10.2. The highest BCUT2D eigenvalue weighted by molar-refractivity contribution is 6.32. The first-order valence-corrected chi connectivity index (χ1v) is 28.7. The van der Waals surface area contributed by atoms with Crippen molar-refractivity contribution in [2.24, 2.45) is 0 Å². The normalized spacial score (nSPS) is 12.9. The van der Waals surface area contributed by atoms with E-state index in [1.807, 2.05) is 0 Å². The summed E-state index contributed by atoms with van der Waals surface area (Å²) >= 11 is 0. The molecule has 0 aliphatic heterocycles. The van der Waals surface area contributed by atoms with E-state index in [9.17, 15) is 0 Å². The van der Waals surface area contributed by atoms with Crippen LogP contribution in [-0.4, -0.2) is 8.80 Å². The molecule has 4 aromatic heterocycles. The van der Waals surface area contributed by atoms with Crippen LogP contribution in [0.5, 0.6) is 0 Å². The number of fused-ring (bicyclic) bond motifs is 12. The summed E-state index contributed by atoms with van der Waals surface area (Å²) in [6.45, 7) is 32.3. The largest absolute Gasteiger partial charge is 0.310 e. The van der Waals surface area contributed by atoms with Gasteiger partial charge in [0.2, 0.25) is 0 Å². The molecule has 0 saturated heterocycles. The van der Waals surface area contributed by atoms with E-state index >= 15 is 0 Å². The van der Waals surface area contributed by atoms with Crippen LogP contribution < -0.4 is 9.80 Å². The molecule has 78 heavy (non-hydrogen) atoms. The molecular formula is C74H74N4. The fourth-order valence-electron chi connectivity index (χ4n) is 12.8. The van der Waals surface area contributed by atoms with Crippen molar-refractivity contribution in [3.63, 3.8) is 0 Å². The van der Waals surface area contributed by atoms with Gasteiger partial charge in [-0.25, -0.2) is 0 Å².